The number of esters is 1. The number of hydrogen-bond acceptors (Lipinski definition) is 5. The van der Waals surface area contributed by atoms with E-state index in [-0.39, 0.29) is 12.0 Å². The molecule has 1 aliphatic heterocycles. The largest absolute Gasteiger partial charge is 0.497 e. The van der Waals surface area contributed by atoms with Crippen LogP contribution >= 0.6 is 0 Å². The minimum absolute atomic E-state index is 0.122. The molecule has 2 aromatic rings. The average Bonchev–Trinajstić information content (AvgIpc) is 2.74. The number of carbonyl (C=O) groups excluding carboxylic acids is 2. The standard InChI is InChI=1S/C20H23N3O4/c1-26-18-8-6-16(7-9-18)21-20(25)23-12-10-22(11-13-23)17-5-3-4-15(14-17)19(24)27-2/h3-9,14H,10-13H2,1-2H3,(H,21,25). The number of rotatable bonds is 4. The second-order valence-corrected chi connectivity index (χ2v) is 6.17. The van der Waals surface area contributed by atoms with Gasteiger partial charge in [0, 0.05) is 37.6 Å². The molecule has 0 bridgehead atoms. The van der Waals surface area contributed by atoms with Crippen molar-refractivity contribution in [1.82, 2.24) is 4.90 Å². The number of nitrogens with zero attached hydrogens (tertiary/aromatic N) is 2. The van der Waals surface area contributed by atoms with Crippen LogP contribution < -0.4 is 15.0 Å². The number of ether oxygens (including phenoxy) is 2. The monoisotopic (exact) mass is 369 g/mol. The molecule has 3 rings (SSSR count). The summed E-state index contributed by atoms with van der Waals surface area (Å²) in [5, 5.41) is 2.90. The second kappa shape index (κ2) is 8.44. The molecular formula is C20H23N3O4. The van der Waals surface area contributed by atoms with Crippen molar-refractivity contribution >= 4 is 23.4 Å². The Bertz CT molecular complexity index is 799. The third-order valence-corrected chi connectivity index (χ3v) is 4.54. The van der Waals surface area contributed by atoms with Gasteiger partial charge in [-0.3, -0.25) is 0 Å². The van der Waals surface area contributed by atoms with Crippen molar-refractivity contribution in [3.8, 4) is 5.75 Å². The van der Waals surface area contributed by atoms with Crippen LogP contribution in [0.5, 0.6) is 5.75 Å². The van der Waals surface area contributed by atoms with Crippen molar-refractivity contribution in [1.29, 1.82) is 0 Å². The molecule has 2 amide bonds. The van der Waals surface area contributed by atoms with Crippen molar-refractivity contribution in [2.45, 2.75) is 0 Å². The number of benzene rings is 2. The Balaban J connectivity index is 1.56. The van der Waals surface area contributed by atoms with Gasteiger partial charge in [0.2, 0.25) is 0 Å². The average molecular weight is 369 g/mol. The minimum Gasteiger partial charge on any atom is -0.497 e. The van der Waals surface area contributed by atoms with E-state index in [1.54, 1.807) is 18.1 Å². The van der Waals surface area contributed by atoms with Gasteiger partial charge in [0.15, 0.2) is 0 Å². The fourth-order valence-electron chi connectivity index (χ4n) is 2.99. The zero-order valence-electron chi connectivity index (χ0n) is 15.5. The number of urea groups is 1. The normalized spacial score (nSPS) is 13.9. The molecule has 1 heterocycles. The Morgan fingerprint density at radius 3 is 2.30 bits per heavy atom. The van der Waals surface area contributed by atoms with Gasteiger partial charge in [-0.05, 0) is 42.5 Å². The lowest BCUT2D eigenvalue weighted by molar-refractivity contribution is 0.0600. The molecule has 7 nitrogen and oxygen atoms in total. The maximum atomic E-state index is 12.5. The maximum Gasteiger partial charge on any atom is 0.337 e. The molecule has 1 N–H and O–H groups in total. The van der Waals surface area contributed by atoms with Gasteiger partial charge in [-0.15, -0.1) is 0 Å². The molecule has 7 heteroatoms. The highest BCUT2D eigenvalue weighted by atomic mass is 16.5. The lowest BCUT2D eigenvalue weighted by Crippen LogP contribution is -2.50. The molecule has 0 aromatic heterocycles. The molecule has 1 aliphatic rings. The Kier molecular flexibility index (Phi) is 5.80. The van der Waals surface area contributed by atoms with Gasteiger partial charge in [0.05, 0.1) is 19.8 Å². The summed E-state index contributed by atoms with van der Waals surface area (Å²) in [4.78, 5) is 28.1. The zero-order valence-corrected chi connectivity index (χ0v) is 15.5. The van der Waals surface area contributed by atoms with Crippen molar-refractivity contribution in [3.05, 3.63) is 54.1 Å². The van der Waals surface area contributed by atoms with Gasteiger partial charge in [-0.2, -0.15) is 0 Å². The molecule has 0 unspecified atom stereocenters. The molecule has 142 valence electrons. The van der Waals surface area contributed by atoms with E-state index in [0.29, 0.717) is 31.7 Å². The van der Waals surface area contributed by atoms with Crippen LogP contribution in [0.25, 0.3) is 0 Å². The highest BCUT2D eigenvalue weighted by Crippen LogP contribution is 2.20. The van der Waals surface area contributed by atoms with E-state index in [0.717, 1.165) is 17.1 Å². The molecule has 2 aromatic carbocycles. The van der Waals surface area contributed by atoms with Gasteiger partial charge in [0.25, 0.3) is 0 Å². The number of hydrogen-bond donors (Lipinski definition) is 1. The molecule has 0 aliphatic carbocycles. The van der Waals surface area contributed by atoms with Crippen LogP contribution in [0, 0.1) is 0 Å². The van der Waals surface area contributed by atoms with Gasteiger partial charge >= 0.3 is 12.0 Å². The number of anilines is 2. The van der Waals surface area contributed by atoms with Crippen molar-refractivity contribution in [2.75, 3.05) is 50.6 Å². The van der Waals surface area contributed by atoms with E-state index >= 15 is 0 Å². The van der Waals surface area contributed by atoms with Crippen molar-refractivity contribution < 1.29 is 19.1 Å². The van der Waals surface area contributed by atoms with Crippen molar-refractivity contribution in [3.63, 3.8) is 0 Å². The van der Waals surface area contributed by atoms with E-state index < -0.39 is 0 Å². The van der Waals surface area contributed by atoms with Crippen LogP contribution in [0.3, 0.4) is 0 Å². The van der Waals surface area contributed by atoms with Crippen LogP contribution in [0.4, 0.5) is 16.2 Å². The molecular weight excluding hydrogens is 346 g/mol. The summed E-state index contributed by atoms with van der Waals surface area (Å²) in [6.07, 6.45) is 0. The lowest BCUT2D eigenvalue weighted by atomic mass is 10.1. The molecule has 0 saturated carbocycles. The summed E-state index contributed by atoms with van der Waals surface area (Å²) >= 11 is 0. The third kappa shape index (κ3) is 4.49. The van der Waals surface area contributed by atoms with E-state index in [4.69, 9.17) is 9.47 Å². The Labute approximate surface area is 158 Å². The van der Waals surface area contributed by atoms with E-state index in [9.17, 15) is 9.59 Å². The number of methoxy groups -OCH3 is 2. The highest BCUT2D eigenvalue weighted by Gasteiger charge is 2.22. The predicted molar refractivity (Wildman–Crippen MR) is 104 cm³/mol. The first kappa shape index (κ1) is 18.6. The summed E-state index contributed by atoms with van der Waals surface area (Å²) in [6.45, 7) is 2.59. The zero-order chi connectivity index (χ0) is 19.2. The maximum absolute atomic E-state index is 12.5. The Morgan fingerprint density at radius 1 is 0.963 bits per heavy atom. The number of amides is 2. The number of nitrogens with one attached hydrogen (secondary N) is 1. The van der Waals surface area contributed by atoms with Gasteiger partial charge in [0.1, 0.15) is 5.75 Å². The fourth-order valence-corrected chi connectivity index (χ4v) is 2.99. The third-order valence-electron chi connectivity index (χ3n) is 4.54. The van der Waals surface area contributed by atoms with E-state index in [1.807, 2.05) is 42.5 Å². The second-order valence-electron chi connectivity index (χ2n) is 6.17. The van der Waals surface area contributed by atoms with Crippen LogP contribution in [-0.4, -0.2) is 57.3 Å². The molecule has 0 radical (unpaired) electrons. The Hall–Kier alpha value is -3.22. The van der Waals surface area contributed by atoms with Gasteiger partial charge in [-0.1, -0.05) is 6.07 Å². The van der Waals surface area contributed by atoms with Gasteiger partial charge < -0.3 is 24.6 Å². The highest BCUT2D eigenvalue weighted by molar-refractivity contribution is 5.91. The summed E-state index contributed by atoms with van der Waals surface area (Å²) < 4.78 is 9.89. The minimum atomic E-state index is -0.352. The van der Waals surface area contributed by atoms with E-state index in [2.05, 4.69) is 10.2 Å². The topological polar surface area (TPSA) is 71.1 Å². The summed E-state index contributed by atoms with van der Waals surface area (Å²) in [5.41, 5.74) is 2.21. The summed E-state index contributed by atoms with van der Waals surface area (Å²) in [5.74, 6) is 0.394. The van der Waals surface area contributed by atoms with Crippen molar-refractivity contribution in [2.24, 2.45) is 0 Å². The summed E-state index contributed by atoms with van der Waals surface area (Å²) in [7, 11) is 2.98. The first-order chi connectivity index (χ1) is 13.1. The quantitative estimate of drug-likeness (QED) is 0.839. The molecule has 1 fully saturated rings. The molecule has 1 saturated heterocycles. The van der Waals surface area contributed by atoms with Gasteiger partial charge in [-0.25, -0.2) is 9.59 Å². The molecule has 0 atom stereocenters. The smallest absolute Gasteiger partial charge is 0.337 e. The molecule has 27 heavy (non-hydrogen) atoms. The lowest BCUT2D eigenvalue weighted by Gasteiger charge is -2.36. The van der Waals surface area contributed by atoms with Crippen LogP contribution in [-0.2, 0) is 4.74 Å². The summed E-state index contributed by atoms with van der Waals surface area (Å²) in [6, 6.07) is 14.5. The predicted octanol–water partition coefficient (Wildman–Crippen LogP) is 2.84. The SMILES string of the molecule is COC(=O)c1cccc(N2CCN(C(=O)Nc3ccc(OC)cc3)CC2)c1. The molecule has 0 spiro atoms. The Morgan fingerprint density at radius 2 is 1.67 bits per heavy atom. The number of carbonyl (C=O) groups is 2. The van der Waals surface area contributed by atoms with E-state index in [1.165, 1.54) is 7.11 Å². The fraction of sp³-hybridized carbons (Fsp3) is 0.300. The first-order valence-electron chi connectivity index (χ1n) is 8.74. The van der Waals surface area contributed by atoms with Crippen LogP contribution in [0.15, 0.2) is 48.5 Å². The number of piperazine rings is 1. The first-order valence-corrected chi connectivity index (χ1v) is 8.74. The van der Waals surface area contributed by atoms with Crippen LogP contribution in [0.1, 0.15) is 10.4 Å². The van der Waals surface area contributed by atoms with Crippen LogP contribution in [0.2, 0.25) is 0 Å².